The fourth-order valence-electron chi connectivity index (χ4n) is 3.72. The molecule has 0 atom stereocenters. The van der Waals surface area contributed by atoms with Crippen LogP contribution in [-0.4, -0.2) is 56.0 Å². The van der Waals surface area contributed by atoms with Crippen LogP contribution in [-0.2, 0) is 11.2 Å². The lowest BCUT2D eigenvalue weighted by molar-refractivity contribution is -0.125. The van der Waals surface area contributed by atoms with Crippen molar-refractivity contribution in [3.63, 3.8) is 0 Å². The molecule has 5 heteroatoms. The molecule has 0 radical (unpaired) electrons. The summed E-state index contributed by atoms with van der Waals surface area (Å²) in [4.78, 5) is 16.6. The molecule has 1 saturated heterocycles. The molecule has 0 spiro atoms. The standard InChI is InChI=1S/C23H30N2O3/c1-24(23(26)10-9-21-7-5-17-28-21)18-19-11-14-25(15-12-19)16-13-20-6-3-4-8-22(20)27-2/h3-10,17,19H,11-16,18H2,1-2H3/b10-9+. The van der Waals surface area contributed by atoms with Gasteiger partial charge in [-0.1, -0.05) is 18.2 Å². The van der Waals surface area contributed by atoms with E-state index >= 15 is 0 Å². The van der Waals surface area contributed by atoms with Gasteiger partial charge in [-0.25, -0.2) is 0 Å². The number of hydrogen-bond acceptors (Lipinski definition) is 4. The largest absolute Gasteiger partial charge is 0.496 e. The summed E-state index contributed by atoms with van der Waals surface area (Å²) in [5, 5.41) is 0. The van der Waals surface area contributed by atoms with Gasteiger partial charge in [-0.15, -0.1) is 0 Å². The van der Waals surface area contributed by atoms with E-state index in [1.165, 1.54) is 5.56 Å². The number of carbonyl (C=O) groups excluding carboxylic acids is 1. The van der Waals surface area contributed by atoms with E-state index in [1.807, 2.05) is 36.2 Å². The van der Waals surface area contributed by atoms with Gasteiger partial charge in [-0.3, -0.25) is 4.79 Å². The van der Waals surface area contributed by atoms with Crippen molar-refractivity contribution >= 4 is 12.0 Å². The molecular weight excluding hydrogens is 352 g/mol. The van der Waals surface area contributed by atoms with Crippen molar-refractivity contribution in [2.75, 3.05) is 40.3 Å². The summed E-state index contributed by atoms with van der Waals surface area (Å²) in [7, 11) is 3.61. The highest BCUT2D eigenvalue weighted by molar-refractivity contribution is 5.91. The summed E-state index contributed by atoms with van der Waals surface area (Å²) in [5.41, 5.74) is 1.26. The zero-order valence-corrected chi connectivity index (χ0v) is 16.8. The molecule has 1 aromatic heterocycles. The molecule has 1 aliphatic heterocycles. The Morgan fingerprint density at radius 1 is 1.25 bits per heavy atom. The SMILES string of the molecule is COc1ccccc1CCN1CCC(CN(C)C(=O)/C=C/c2ccco2)CC1. The molecule has 0 saturated carbocycles. The molecule has 2 heterocycles. The predicted molar refractivity (Wildman–Crippen MR) is 111 cm³/mol. The first kappa shape index (κ1) is 20.2. The van der Waals surface area contributed by atoms with E-state index in [1.54, 1.807) is 25.5 Å². The van der Waals surface area contributed by atoms with Crippen LogP contribution < -0.4 is 4.74 Å². The van der Waals surface area contributed by atoms with Crippen molar-refractivity contribution < 1.29 is 13.9 Å². The van der Waals surface area contributed by atoms with Crippen molar-refractivity contribution in [1.29, 1.82) is 0 Å². The van der Waals surface area contributed by atoms with E-state index in [9.17, 15) is 4.79 Å². The third-order valence-corrected chi connectivity index (χ3v) is 5.44. The maximum atomic E-state index is 12.3. The molecule has 0 bridgehead atoms. The minimum absolute atomic E-state index is 0.0232. The molecular formula is C23H30N2O3. The van der Waals surface area contributed by atoms with E-state index in [0.29, 0.717) is 11.7 Å². The van der Waals surface area contributed by atoms with Gasteiger partial charge in [0.2, 0.25) is 5.91 Å². The normalized spacial score (nSPS) is 15.8. The Bertz CT molecular complexity index is 762. The second kappa shape index (κ2) is 10.1. The zero-order valence-electron chi connectivity index (χ0n) is 16.8. The number of amides is 1. The molecule has 1 aromatic carbocycles. The van der Waals surface area contributed by atoms with Crippen molar-refractivity contribution in [2.45, 2.75) is 19.3 Å². The molecule has 0 unspecified atom stereocenters. The molecule has 2 aromatic rings. The monoisotopic (exact) mass is 382 g/mol. The van der Waals surface area contributed by atoms with Gasteiger partial charge in [-0.2, -0.15) is 0 Å². The fraction of sp³-hybridized carbons (Fsp3) is 0.435. The summed E-state index contributed by atoms with van der Waals surface area (Å²) in [6.45, 7) is 4.03. The predicted octanol–water partition coefficient (Wildman–Crippen LogP) is 3.71. The lowest BCUT2D eigenvalue weighted by Crippen LogP contribution is -2.39. The Balaban J connectivity index is 1.39. The molecule has 1 fully saturated rings. The summed E-state index contributed by atoms with van der Waals surface area (Å²) in [6, 6.07) is 11.9. The highest BCUT2D eigenvalue weighted by atomic mass is 16.5. The molecule has 1 amide bonds. The number of rotatable bonds is 8. The molecule has 0 aliphatic carbocycles. The summed E-state index contributed by atoms with van der Waals surface area (Å²) < 4.78 is 10.7. The lowest BCUT2D eigenvalue weighted by atomic mass is 9.96. The minimum atomic E-state index is 0.0232. The van der Waals surface area contributed by atoms with Crippen molar-refractivity contribution in [3.8, 4) is 5.75 Å². The van der Waals surface area contributed by atoms with E-state index < -0.39 is 0 Å². The molecule has 28 heavy (non-hydrogen) atoms. The second-order valence-corrected chi connectivity index (χ2v) is 7.41. The third-order valence-electron chi connectivity index (χ3n) is 5.44. The average molecular weight is 383 g/mol. The Morgan fingerprint density at radius 3 is 2.75 bits per heavy atom. The van der Waals surface area contributed by atoms with E-state index in [0.717, 1.165) is 51.2 Å². The first-order chi connectivity index (χ1) is 13.7. The lowest BCUT2D eigenvalue weighted by Gasteiger charge is -2.33. The van der Waals surface area contributed by atoms with Gasteiger partial charge in [0.25, 0.3) is 0 Å². The quantitative estimate of drug-likeness (QED) is 0.653. The van der Waals surface area contributed by atoms with Crippen LogP contribution in [0.25, 0.3) is 6.08 Å². The highest BCUT2D eigenvalue weighted by Crippen LogP contribution is 2.21. The number of carbonyl (C=O) groups is 1. The maximum Gasteiger partial charge on any atom is 0.246 e. The number of likely N-dealkylation sites (N-methyl/N-ethyl adjacent to an activating group) is 1. The number of nitrogens with zero attached hydrogens (tertiary/aromatic N) is 2. The van der Waals surface area contributed by atoms with Crippen LogP contribution in [0, 0.1) is 5.92 Å². The number of piperidine rings is 1. The third kappa shape index (κ3) is 5.73. The summed E-state index contributed by atoms with van der Waals surface area (Å²) >= 11 is 0. The topological polar surface area (TPSA) is 45.9 Å². The van der Waals surface area contributed by atoms with Crippen LogP contribution in [0.4, 0.5) is 0 Å². The Hall–Kier alpha value is -2.53. The Kier molecular flexibility index (Phi) is 7.31. The van der Waals surface area contributed by atoms with Crippen molar-refractivity contribution in [3.05, 3.63) is 60.1 Å². The number of furan rings is 1. The minimum Gasteiger partial charge on any atom is -0.496 e. The van der Waals surface area contributed by atoms with Crippen LogP contribution in [0.5, 0.6) is 5.75 Å². The van der Waals surface area contributed by atoms with Gasteiger partial charge in [-0.05, 0) is 68.1 Å². The fourth-order valence-corrected chi connectivity index (χ4v) is 3.72. The number of para-hydroxylation sites is 1. The van der Waals surface area contributed by atoms with E-state index in [-0.39, 0.29) is 5.91 Å². The smallest absolute Gasteiger partial charge is 0.246 e. The molecule has 150 valence electrons. The van der Waals surface area contributed by atoms with Gasteiger partial charge in [0.15, 0.2) is 0 Å². The van der Waals surface area contributed by atoms with Gasteiger partial charge in [0.1, 0.15) is 11.5 Å². The first-order valence-corrected chi connectivity index (χ1v) is 9.96. The zero-order chi connectivity index (χ0) is 19.8. The number of hydrogen-bond donors (Lipinski definition) is 0. The average Bonchev–Trinajstić information content (AvgIpc) is 3.25. The summed E-state index contributed by atoms with van der Waals surface area (Å²) in [5.74, 6) is 2.26. The molecule has 0 N–H and O–H groups in total. The number of methoxy groups -OCH3 is 1. The number of likely N-dealkylation sites (tertiary alicyclic amines) is 1. The van der Waals surface area contributed by atoms with Gasteiger partial charge in [0.05, 0.1) is 13.4 Å². The van der Waals surface area contributed by atoms with Crippen LogP contribution in [0.1, 0.15) is 24.2 Å². The maximum absolute atomic E-state index is 12.3. The molecule has 3 rings (SSSR count). The van der Waals surface area contributed by atoms with Crippen LogP contribution in [0.2, 0.25) is 0 Å². The van der Waals surface area contributed by atoms with Crippen LogP contribution >= 0.6 is 0 Å². The van der Waals surface area contributed by atoms with Crippen molar-refractivity contribution in [1.82, 2.24) is 9.80 Å². The van der Waals surface area contributed by atoms with Crippen LogP contribution in [0.3, 0.4) is 0 Å². The number of ether oxygens (including phenoxy) is 1. The van der Waals surface area contributed by atoms with E-state index in [4.69, 9.17) is 9.15 Å². The second-order valence-electron chi connectivity index (χ2n) is 7.41. The Labute approximate surface area is 167 Å². The highest BCUT2D eigenvalue weighted by Gasteiger charge is 2.21. The molecule has 5 nitrogen and oxygen atoms in total. The Morgan fingerprint density at radius 2 is 2.04 bits per heavy atom. The number of benzene rings is 1. The van der Waals surface area contributed by atoms with Gasteiger partial charge < -0.3 is 19.0 Å². The van der Waals surface area contributed by atoms with E-state index in [2.05, 4.69) is 17.0 Å². The van der Waals surface area contributed by atoms with Crippen LogP contribution in [0.15, 0.2) is 53.2 Å². The summed E-state index contributed by atoms with van der Waals surface area (Å²) in [6.07, 6.45) is 8.18. The van der Waals surface area contributed by atoms with Gasteiger partial charge in [0, 0.05) is 26.2 Å². The molecule has 1 aliphatic rings. The first-order valence-electron chi connectivity index (χ1n) is 9.96. The van der Waals surface area contributed by atoms with Gasteiger partial charge >= 0.3 is 0 Å². The van der Waals surface area contributed by atoms with Crippen molar-refractivity contribution in [2.24, 2.45) is 5.92 Å².